The SMILES string of the molecule is Nc1ccc2[nH]c(C(=O)NNSc3ccccc3)cc2c1. The van der Waals surface area contributed by atoms with E-state index in [1.54, 1.807) is 12.1 Å². The predicted molar refractivity (Wildman–Crippen MR) is 85.6 cm³/mol. The Labute approximate surface area is 126 Å². The molecule has 1 amide bonds. The maximum Gasteiger partial charge on any atom is 0.282 e. The van der Waals surface area contributed by atoms with Crippen LogP contribution in [0.4, 0.5) is 5.69 Å². The number of benzene rings is 2. The summed E-state index contributed by atoms with van der Waals surface area (Å²) in [5, 5.41) is 0.913. The van der Waals surface area contributed by atoms with Crippen LogP contribution in [-0.2, 0) is 0 Å². The molecule has 2 aromatic carbocycles. The lowest BCUT2D eigenvalue weighted by molar-refractivity contribution is 0.0943. The van der Waals surface area contributed by atoms with Crippen LogP contribution in [0.1, 0.15) is 10.5 Å². The monoisotopic (exact) mass is 298 g/mol. The number of carbonyl (C=O) groups is 1. The van der Waals surface area contributed by atoms with E-state index in [1.165, 1.54) is 11.9 Å². The number of aromatic amines is 1. The minimum absolute atomic E-state index is 0.229. The molecule has 0 bridgehead atoms. The molecule has 0 saturated carbocycles. The second-order valence-corrected chi connectivity index (χ2v) is 5.38. The minimum atomic E-state index is -0.229. The van der Waals surface area contributed by atoms with Gasteiger partial charge in [0, 0.05) is 21.5 Å². The Hall–Kier alpha value is -2.44. The van der Waals surface area contributed by atoms with Crippen LogP contribution >= 0.6 is 11.9 Å². The summed E-state index contributed by atoms with van der Waals surface area (Å²) in [5.74, 6) is -0.229. The van der Waals surface area contributed by atoms with Crippen molar-refractivity contribution in [2.45, 2.75) is 4.90 Å². The van der Waals surface area contributed by atoms with Crippen LogP contribution < -0.4 is 16.0 Å². The first-order chi connectivity index (χ1) is 10.2. The molecule has 5 N–H and O–H groups in total. The topological polar surface area (TPSA) is 82.9 Å². The average Bonchev–Trinajstić information content (AvgIpc) is 2.91. The molecular weight excluding hydrogens is 284 g/mol. The largest absolute Gasteiger partial charge is 0.399 e. The van der Waals surface area contributed by atoms with Gasteiger partial charge in [0.2, 0.25) is 0 Å². The highest BCUT2D eigenvalue weighted by atomic mass is 32.2. The highest BCUT2D eigenvalue weighted by molar-refractivity contribution is 7.97. The molecule has 0 radical (unpaired) electrons. The summed E-state index contributed by atoms with van der Waals surface area (Å²) >= 11 is 1.34. The van der Waals surface area contributed by atoms with Gasteiger partial charge in [0.1, 0.15) is 5.69 Å². The van der Waals surface area contributed by atoms with Gasteiger partial charge < -0.3 is 10.7 Å². The van der Waals surface area contributed by atoms with Crippen molar-refractivity contribution in [2.75, 3.05) is 5.73 Å². The fraction of sp³-hybridized carbons (Fsp3) is 0. The molecule has 0 fully saturated rings. The van der Waals surface area contributed by atoms with Crippen LogP contribution in [0.5, 0.6) is 0 Å². The Morgan fingerprint density at radius 3 is 2.71 bits per heavy atom. The van der Waals surface area contributed by atoms with Crippen LogP contribution in [0.2, 0.25) is 0 Å². The Morgan fingerprint density at radius 1 is 1.10 bits per heavy atom. The zero-order valence-corrected chi connectivity index (χ0v) is 11.9. The predicted octanol–water partition coefficient (Wildman–Crippen LogP) is 2.69. The van der Waals surface area contributed by atoms with Gasteiger partial charge in [-0.05, 0) is 48.3 Å². The van der Waals surface area contributed by atoms with E-state index in [0.29, 0.717) is 11.4 Å². The minimum Gasteiger partial charge on any atom is -0.399 e. The molecule has 0 aliphatic carbocycles. The Morgan fingerprint density at radius 2 is 1.90 bits per heavy atom. The van der Waals surface area contributed by atoms with Crippen LogP contribution in [0.3, 0.4) is 0 Å². The first-order valence-electron chi connectivity index (χ1n) is 6.38. The van der Waals surface area contributed by atoms with Gasteiger partial charge in [-0.25, -0.2) is 0 Å². The molecule has 0 unspecified atom stereocenters. The summed E-state index contributed by atoms with van der Waals surface area (Å²) in [5.41, 5.74) is 10.4. The Balaban J connectivity index is 1.64. The molecule has 1 aromatic heterocycles. The number of hydrogen-bond acceptors (Lipinski definition) is 4. The van der Waals surface area contributed by atoms with E-state index in [2.05, 4.69) is 15.2 Å². The Kier molecular flexibility index (Phi) is 3.81. The second kappa shape index (κ2) is 5.90. The van der Waals surface area contributed by atoms with E-state index in [-0.39, 0.29) is 5.91 Å². The maximum atomic E-state index is 12.0. The number of nitrogens with one attached hydrogen (secondary N) is 3. The van der Waals surface area contributed by atoms with Gasteiger partial charge in [-0.2, -0.15) is 4.83 Å². The molecule has 0 aliphatic heterocycles. The molecule has 0 spiro atoms. The number of nitrogen functional groups attached to an aromatic ring is 1. The molecule has 1 heterocycles. The normalized spacial score (nSPS) is 10.7. The van der Waals surface area contributed by atoms with E-state index in [9.17, 15) is 4.79 Å². The molecule has 106 valence electrons. The number of hydrazine groups is 1. The van der Waals surface area contributed by atoms with E-state index < -0.39 is 0 Å². The van der Waals surface area contributed by atoms with E-state index in [4.69, 9.17) is 5.73 Å². The zero-order chi connectivity index (χ0) is 14.7. The lowest BCUT2D eigenvalue weighted by Crippen LogP contribution is -2.32. The number of rotatable bonds is 4. The van der Waals surface area contributed by atoms with E-state index >= 15 is 0 Å². The van der Waals surface area contributed by atoms with Crippen molar-refractivity contribution in [1.82, 2.24) is 15.2 Å². The van der Waals surface area contributed by atoms with Crippen molar-refractivity contribution >= 4 is 34.4 Å². The number of carbonyl (C=O) groups excluding carboxylic acids is 1. The zero-order valence-electron chi connectivity index (χ0n) is 11.1. The molecule has 3 aromatic rings. The average molecular weight is 298 g/mol. The quantitative estimate of drug-likeness (QED) is 0.339. The van der Waals surface area contributed by atoms with Crippen molar-refractivity contribution in [1.29, 1.82) is 0 Å². The highest BCUT2D eigenvalue weighted by Gasteiger charge is 2.09. The summed E-state index contributed by atoms with van der Waals surface area (Å²) in [6, 6.07) is 17.0. The molecule has 5 nitrogen and oxygen atoms in total. The van der Waals surface area contributed by atoms with Gasteiger partial charge in [-0.3, -0.25) is 10.2 Å². The third-order valence-electron chi connectivity index (χ3n) is 2.97. The lowest BCUT2D eigenvalue weighted by atomic mass is 10.2. The molecule has 0 aliphatic rings. The van der Waals surface area contributed by atoms with Crippen LogP contribution in [0.25, 0.3) is 10.9 Å². The van der Waals surface area contributed by atoms with Crippen LogP contribution in [-0.4, -0.2) is 10.9 Å². The first-order valence-corrected chi connectivity index (χ1v) is 7.19. The van der Waals surface area contributed by atoms with Crippen molar-refractivity contribution in [3.05, 3.63) is 60.3 Å². The van der Waals surface area contributed by atoms with Crippen molar-refractivity contribution < 1.29 is 4.79 Å². The number of nitrogens with two attached hydrogens (primary N) is 1. The Bertz CT molecular complexity index is 770. The van der Waals surface area contributed by atoms with Gasteiger partial charge in [0.15, 0.2) is 0 Å². The third kappa shape index (κ3) is 3.18. The fourth-order valence-electron chi connectivity index (χ4n) is 1.96. The molecule has 6 heteroatoms. The molecule has 3 rings (SSSR count). The van der Waals surface area contributed by atoms with Gasteiger partial charge in [-0.1, -0.05) is 18.2 Å². The maximum absolute atomic E-state index is 12.0. The van der Waals surface area contributed by atoms with Crippen molar-refractivity contribution in [3.63, 3.8) is 0 Å². The second-order valence-electron chi connectivity index (χ2n) is 4.50. The van der Waals surface area contributed by atoms with Crippen molar-refractivity contribution in [3.8, 4) is 0 Å². The van der Waals surface area contributed by atoms with Crippen LogP contribution in [0, 0.1) is 0 Å². The number of aromatic nitrogens is 1. The first kappa shape index (κ1) is 13.5. The number of hydrogen-bond donors (Lipinski definition) is 4. The number of fused-ring (bicyclic) bond motifs is 1. The number of anilines is 1. The summed E-state index contributed by atoms with van der Waals surface area (Å²) in [4.78, 5) is 18.9. The van der Waals surface area contributed by atoms with Crippen LogP contribution in [0.15, 0.2) is 59.5 Å². The van der Waals surface area contributed by atoms with E-state index in [0.717, 1.165) is 15.8 Å². The standard InChI is InChI=1S/C15H14N4OS/c16-11-6-7-13-10(8-11)9-14(17-13)15(20)18-19-21-12-4-2-1-3-5-12/h1-9,17,19H,16H2,(H,18,20). The molecular formula is C15H14N4OS. The summed E-state index contributed by atoms with van der Waals surface area (Å²) in [6.07, 6.45) is 0. The summed E-state index contributed by atoms with van der Waals surface area (Å²) in [6.45, 7) is 0. The third-order valence-corrected chi connectivity index (χ3v) is 3.68. The smallest absolute Gasteiger partial charge is 0.282 e. The summed E-state index contributed by atoms with van der Waals surface area (Å²) in [7, 11) is 0. The van der Waals surface area contributed by atoms with Gasteiger partial charge in [-0.15, -0.1) is 0 Å². The van der Waals surface area contributed by atoms with Gasteiger partial charge in [0.25, 0.3) is 5.91 Å². The molecule has 0 atom stereocenters. The number of H-pyrrole nitrogens is 1. The molecule has 21 heavy (non-hydrogen) atoms. The molecule has 0 saturated heterocycles. The highest BCUT2D eigenvalue weighted by Crippen LogP contribution is 2.18. The summed E-state index contributed by atoms with van der Waals surface area (Å²) < 4.78 is 0. The van der Waals surface area contributed by atoms with Gasteiger partial charge >= 0.3 is 0 Å². The van der Waals surface area contributed by atoms with E-state index in [1.807, 2.05) is 42.5 Å². The number of amides is 1. The lowest BCUT2D eigenvalue weighted by Gasteiger charge is -2.04. The van der Waals surface area contributed by atoms with Gasteiger partial charge in [0.05, 0.1) is 0 Å². The van der Waals surface area contributed by atoms with Crippen molar-refractivity contribution in [2.24, 2.45) is 0 Å². The fourth-order valence-corrected chi connectivity index (χ4v) is 2.51.